The number of carbonyl (C=O) groups is 1. The van der Waals surface area contributed by atoms with Gasteiger partial charge in [-0.3, -0.25) is 4.79 Å². The second-order valence-electron chi connectivity index (χ2n) is 11.3. The zero-order valence-corrected chi connectivity index (χ0v) is 24.5. The molecule has 2 atom stereocenters. The first-order valence-corrected chi connectivity index (χ1v) is 20.0. The van der Waals surface area contributed by atoms with Crippen molar-refractivity contribution in [3.05, 3.63) is 35.9 Å². The van der Waals surface area contributed by atoms with Gasteiger partial charge in [0.1, 0.15) is 0 Å². The van der Waals surface area contributed by atoms with Crippen molar-refractivity contribution in [2.75, 3.05) is 6.61 Å². The number of rotatable bonds is 18. The number of amides is 1. The van der Waals surface area contributed by atoms with Crippen LogP contribution in [0.2, 0.25) is 39.3 Å². The minimum Gasteiger partial charge on any atom is -0.415 e. The highest BCUT2D eigenvalue weighted by molar-refractivity contribution is 6.70. The van der Waals surface area contributed by atoms with E-state index in [0.717, 1.165) is 12.8 Å². The van der Waals surface area contributed by atoms with Crippen LogP contribution in [0.25, 0.3) is 0 Å². The van der Waals surface area contributed by atoms with E-state index in [0.29, 0.717) is 12.2 Å². The molecule has 1 amide bonds. The largest absolute Gasteiger partial charge is 0.415 e. The van der Waals surface area contributed by atoms with Crippen molar-refractivity contribution in [1.29, 1.82) is 0 Å². The second kappa shape index (κ2) is 15.9. The maximum atomic E-state index is 13.0. The molecule has 0 aliphatic heterocycles. The molecule has 0 aliphatic carbocycles. The third kappa shape index (κ3) is 15.5. The highest BCUT2D eigenvalue weighted by Crippen LogP contribution is 2.20. The van der Waals surface area contributed by atoms with Gasteiger partial charge in [-0.2, -0.15) is 0 Å². The molecule has 6 heteroatoms. The van der Waals surface area contributed by atoms with E-state index < -0.39 is 16.6 Å². The summed E-state index contributed by atoms with van der Waals surface area (Å²) in [5.74, 6) is -0.0453. The van der Waals surface area contributed by atoms with Gasteiger partial charge in [0.25, 0.3) is 5.91 Å². The fourth-order valence-electron chi connectivity index (χ4n) is 3.88. The molecule has 2 unspecified atom stereocenters. The Bertz CT molecular complexity index is 641. The Morgan fingerprint density at radius 3 is 1.88 bits per heavy atom. The van der Waals surface area contributed by atoms with Crippen LogP contribution in [-0.4, -0.2) is 41.3 Å². The molecule has 4 nitrogen and oxygen atoms in total. The summed E-state index contributed by atoms with van der Waals surface area (Å²) in [5.41, 5.74) is 0.685. The number of unbranched alkanes of at least 4 members (excludes halogenated alkanes) is 8. The van der Waals surface area contributed by atoms with Crippen LogP contribution in [0.15, 0.2) is 30.3 Å². The summed E-state index contributed by atoms with van der Waals surface area (Å²) in [6.45, 7) is 16.0. The average molecular weight is 494 g/mol. The van der Waals surface area contributed by atoms with Crippen LogP contribution in [0.1, 0.15) is 81.5 Å². The number of nitrogens with one attached hydrogen (secondary N) is 1. The number of hydrogen-bond donors (Lipinski definition) is 1. The van der Waals surface area contributed by atoms with Gasteiger partial charge in [-0.05, 0) is 57.8 Å². The molecule has 0 saturated heterocycles. The van der Waals surface area contributed by atoms with Gasteiger partial charge in [-0.25, -0.2) is 0 Å². The van der Waals surface area contributed by atoms with Gasteiger partial charge in [0.15, 0.2) is 16.6 Å². The highest BCUT2D eigenvalue weighted by Gasteiger charge is 2.30. The minimum absolute atomic E-state index is 0.00904. The normalized spacial score (nSPS) is 14.2. The van der Waals surface area contributed by atoms with Gasteiger partial charge in [-0.15, -0.1) is 0 Å². The molecule has 0 spiro atoms. The molecule has 0 aliphatic rings. The minimum atomic E-state index is -1.78. The Kier molecular flexibility index (Phi) is 14.4. The van der Waals surface area contributed by atoms with Crippen molar-refractivity contribution in [1.82, 2.24) is 5.32 Å². The molecule has 0 heterocycles. The van der Waals surface area contributed by atoms with Crippen molar-refractivity contribution < 1.29 is 13.6 Å². The SMILES string of the molecule is CCCCCCCCCCCC(O[Si](C)(C)C)C(CO[Si](C)(C)C)NC(=O)c1ccccc1. The zero-order valence-electron chi connectivity index (χ0n) is 22.5. The monoisotopic (exact) mass is 493 g/mol. The van der Waals surface area contributed by atoms with Crippen LogP contribution in [0.4, 0.5) is 0 Å². The number of carbonyl (C=O) groups excluding carboxylic acids is 1. The predicted octanol–water partition coefficient (Wildman–Crippen LogP) is 7.78. The van der Waals surface area contributed by atoms with Crippen LogP contribution in [-0.2, 0) is 8.85 Å². The van der Waals surface area contributed by atoms with Gasteiger partial charge in [-0.1, -0.05) is 82.9 Å². The van der Waals surface area contributed by atoms with Crippen molar-refractivity contribution in [2.45, 2.75) is 123 Å². The van der Waals surface area contributed by atoms with E-state index in [1.54, 1.807) is 0 Å². The molecule has 1 aromatic carbocycles. The molecule has 0 aromatic heterocycles. The van der Waals surface area contributed by atoms with Crippen molar-refractivity contribution in [3.8, 4) is 0 Å². The maximum Gasteiger partial charge on any atom is 0.251 e. The van der Waals surface area contributed by atoms with Crippen LogP contribution in [0.5, 0.6) is 0 Å². The Hall–Kier alpha value is -0.956. The first kappa shape index (κ1) is 30.1. The summed E-state index contributed by atoms with van der Waals surface area (Å²) in [6, 6.07) is 9.33. The third-order valence-corrected chi connectivity index (χ3v) is 7.64. The smallest absolute Gasteiger partial charge is 0.251 e. The predicted molar refractivity (Wildman–Crippen MR) is 147 cm³/mol. The number of benzene rings is 1. The van der Waals surface area contributed by atoms with E-state index in [4.69, 9.17) is 8.85 Å². The van der Waals surface area contributed by atoms with Gasteiger partial charge in [0, 0.05) is 5.56 Å². The lowest BCUT2D eigenvalue weighted by Gasteiger charge is -2.34. The van der Waals surface area contributed by atoms with E-state index in [1.807, 2.05) is 30.3 Å². The van der Waals surface area contributed by atoms with E-state index in [1.165, 1.54) is 51.4 Å². The highest BCUT2D eigenvalue weighted by atomic mass is 28.4. The van der Waals surface area contributed by atoms with E-state index in [2.05, 4.69) is 51.5 Å². The molecule has 0 bridgehead atoms. The van der Waals surface area contributed by atoms with Gasteiger partial charge >= 0.3 is 0 Å². The summed E-state index contributed by atoms with van der Waals surface area (Å²) < 4.78 is 12.9. The summed E-state index contributed by atoms with van der Waals surface area (Å²) in [6.07, 6.45) is 12.7. The first-order valence-electron chi connectivity index (χ1n) is 13.2. The van der Waals surface area contributed by atoms with Crippen LogP contribution >= 0.6 is 0 Å². The molecule has 33 heavy (non-hydrogen) atoms. The molecule has 0 saturated carbocycles. The van der Waals surface area contributed by atoms with Gasteiger partial charge < -0.3 is 14.2 Å². The Morgan fingerprint density at radius 2 is 1.36 bits per heavy atom. The fourth-order valence-corrected chi connectivity index (χ4v) is 5.75. The fraction of sp³-hybridized carbons (Fsp3) is 0.741. The lowest BCUT2D eigenvalue weighted by Crippen LogP contribution is -2.51. The van der Waals surface area contributed by atoms with Gasteiger partial charge in [0.05, 0.1) is 18.8 Å². The topological polar surface area (TPSA) is 47.6 Å². The van der Waals surface area contributed by atoms with E-state index >= 15 is 0 Å². The summed E-state index contributed by atoms with van der Waals surface area (Å²) in [7, 11) is -3.49. The third-order valence-electron chi connectivity index (χ3n) is 5.59. The standard InChI is InChI=1S/C27H51NO3Si2/c1-8-9-10-11-12-13-14-15-19-22-26(31-33(5,6)7)25(23-30-32(2,3)4)28-27(29)24-20-17-16-18-21-24/h16-18,20-21,25-26H,8-15,19,22-23H2,1-7H3,(H,28,29). The van der Waals surface area contributed by atoms with Crippen LogP contribution in [0, 0.1) is 0 Å². The summed E-state index contributed by atoms with van der Waals surface area (Å²) >= 11 is 0. The average Bonchev–Trinajstić information content (AvgIpc) is 2.73. The molecular weight excluding hydrogens is 442 g/mol. The van der Waals surface area contributed by atoms with Crippen molar-refractivity contribution >= 4 is 22.5 Å². The van der Waals surface area contributed by atoms with Crippen LogP contribution < -0.4 is 5.32 Å². The van der Waals surface area contributed by atoms with Crippen LogP contribution in [0.3, 0.4) is 0 Å². The molecule has 1 aromatic rings. The zero-order chi connectivity index (χ0) is 24.7. The van der Waals surface area contributed by atoms with E-state index in [-0.39, 0.29) is 18.1 Å². The second-order valence-corrected chi connectivity index (χ2v) is 20.2. The van der Waals surface area contributed by atoms with Crippen molar-refractivity contribution in [3.63, 3.8) is 0 Å². The first-order chi connectivity index (χ1) is 15.5. The summed E-state index contributed by atoms with van der Waals surface area (Å²) in [4.78, 5) is 13.0. The Morgan fingerprint density at radius 1 is 0.818 bits per heavy atom. The number of hydrogen-bond acceptors (Lipinski definition) is 3. The molecule has 0 fully saturated rings. The Balaban J connectivity index is 2.73. The molecule has 1 rings (SSSR count). The van der Waals surface area contributed by atoms with Crippen molar-refractivity contribution in [2.24, 2.45) is 0 Å². The Labute approximate surface area is 206 Å². The molecular formula is C27H51NO3Si2. The maximum absolute atomic E-state index is 13.0. The quantitative estimate of drug-likeness (QED) is 0.168. The summed E-state index contributed by atoms with van der Waals surface area (Å²) in [5, 5.41) is 3.26. The lowest BCUT2D eigenvalue weighted by molar-refractivity contribution is 0.0748. The van der Waals surface area contributed by atoms with E-state index in [9.17, 15) is 4.79 Å². The molecule has 0 radical (unpaired) electrons. The van der Waals surface area contributed by atoms with Gasteiger partial charge in [0.2, 0.25) is 0 Å². The lowest BCUT2D eigenvalue weighted by atomic mass is 10.0. The molecule has 1 N–H and O–H groups in total. The molecule has 190 valence electrons.